The van der Waals surface area contributed by atoms with Crippen LogP contribution >= 0.6 is 0 Å². The minimum absolute atomic E-state index is 0.0339. The van der Waals surface area contributed by atoms with Gasteiger partial charge in [-0.05, 0) is 13.0 Å². The molecular weight excluding hydrogens is 318 g/mol. The molecule has 0 fully saturated rings. The number of hydrogen-bond donors (Lipinski definition) is 1. The number of fused-ring (bicyclic) bond motifs is 1. The van der Waals surface area contributed by atoms with Crippen molar-refractivity contribution in [2.75, 3.05) is 0 Å². The van der Waals surface area contributed by atoms with Gasteiger partial charge in [-0.2, -0.15) is 5.10 Å². The number of primary amides is 1. The Kier molecular flexibility index (Phi) is 3.50. The smallest absolute Gasteiger partial charge is 0.286 e. The van der Waals surface area contributed by atoms with Crippen molar-refractivity contribution in [3.05, 3.63) is 60.3 Å². The maximum atomic E-state index is 11.5. The van der Waals surface area contributed by atoms with E-state index in [1.165, 1.54) is 0 Å². The van der Waals surface area contributed by atoms with Crippen molar-refractivity contribution in [1.29, 1.82) is 0 Å². The average molecular weight is 333 g/mol. The van der Waals surface area contributed by atoms with Crippen LogP contribution in [0.1, 0.15) is 16.3 Å². The molecule has 0 saturated heterocycles. The van der Waals surface area contributed by atoms with E-state index >= 15 is 0 Å². The number of nitrogens with zero attached hydrogens (tertiary/aromatic N) is 6. The summed E-state index contributed by atoms with van der Waals surface area (Å²) in [6, 6.07) is 11.7. The Morgan fingerprint density at radius 3 is 2.64 bits per heavy atom. The largest absolute Gasteiger partial charge is 0.363 e. The Hall–Kier alpha value is -3.55. The van der Waals surface area contributed by atoms with Crippen LogP contribution in [0, 0.1) is 6.92 Å². The summed E-state index contributed by atoms with van der Waals surface area (Å²) in [6.45, 7) is 2.24. The van der Waals surface area contributed by atoms with Crippen LogP contribution in [0.4, 0.5) is 0 Å². The van der Waals surface area contributed by atoms with Gasteiger partial charge in [0.25, 0.3) is 5.91 Å². The lowest BCUT2D eigenvalue weighted by Gasteiger charge is -2.08. The Labute approximate surface area is 142 Å². The molecule has 8 nitrogen and oxygen atoms in total. The molecule has 124 valence electrons. The van der Waals surface area contributed by atoms with Gasteiger partial charge < -0.3 is 5.73 Å². The molecule has 0 saturated carbocycles. The molecule has 2 N–H and O–H groups in total. The molecule has 0 aliphatic rings. The minimum atomic E-state index is -0.673. The van der Waals surface area contributed by atoms with E-state index in [1.54, 1.807) is 15.6 Å². The van der Waals surface area contributed by atoms with Gasteiger partial charge in [-0.1, -0.05) is 30.3 Å². The zero-order valence-electron chi connectivity index (χ0n) is 13.5. The number of carbonyl (C=O) groups is 1. The highest BCUT2D eigenvalue weighted by Crippen LogP contribution is 2.29. The molecule has 0 radical (unpaired) electrons. The first-order chi connectivity index (χ1) is 12.1. The van der Waals surface area contributed by atoms with Crippen LogP contribution in [0.15, 0.2) is 48.8 Å². The lowest BCUT2D eigenvalue weighted by atomic mass is 10.1. The number of amides is 1. The lowest BCUT2D eigenvalue weighted by molar-refractivity contribution is 0.0990. The average Bonchev–Trinajstić information content (AvgIpc) is 3.23. The van der Waals surface area contributed by atoms with E-state index in [4.69, 9.17) is 5.73 Å². The number of rotatable bonds is 4. The van der Waals surface area contributed by atoms with Crippen LogP contribution in [0.25, 0.3) is 22.3 Å². The zero-order chi connectivity index (χ0) is 17.4. The minimum Gasteiger partial charge on any atom is -0.363 e. The molecule has 4 rings (SSSR count). The summed E-state index contributed by atoms with van der Waals surface area (Å²) in [7, 11) is 0. The number of nitrogens with two attached hydrogens (primary N) is 1. The van der Waals surface area contributed by atoms with E-state index in [0.29, 0.717) is 18.0 Å². The molecule has 0 aliphatic carbocycles. The molecule has 8 heteroatoms. The van der Waals surface area contributed by atoms with E-state index in [2.05, 4.69) is 20.2 Å². The first-order valence-corrected chi connectivity index (χ1v) is 7.71. The van der Waals surface area contributed by atoms with Crippen molar-refractivity contribution in [2.45, 2.75) is 13.6 Å². The van der Waals surface area contributed by atoms with Crippen molar-refractivity contribution in [3.8, 4) is 11.3 Å². The maximum absolute atomic E-state index is 11.5. The van der Waals surface area contributed by atoms with Crippen molar-refractivity contribution in [2.24, 2.45) is 5.73 Å². The van der Waals surface area contributed by atoms with Gasteiger partial charge in [0.1, 0.15) is 6.67 Å². The molecule has 4 aromatic rings. The van der Waals surface area contributed by atoms with Gasteiger partial charge in [-0.25, -0.2) is 14.6 Å². The van der Waals surface area contributed by atoms with Crippen molar-refractivity contribution in [3.63, 3.8) is 0 Å². The molecule has 0 unspecified atom stereocenters. The third kappa shape index (κ3) is 2.63. The Morgan fingerprint density at radius 2 is 1.96 bits per heavy atom. The molecular formula is C17H15N7O. The summed E-state index contributed by atoms with van der Waals surface area (Å²) in [5.74, 6) is -0.707. The van der Waals surface area contributed by atoms with Gasteiger partial charge in [0.2, 0.25) is 5.82 Å². The van der Waals surface area contributed by atoms with Gasteiger partial charge in [-0.15, -0.1) is 5.10 Å². The van der Waals surface area contributed by atoms with Crippen LogP contribution in [0.5, 0.6) is 0 Å². The molecule has 3 aromatic heterocycles. The van der Waals surface area contributed by atoms with Crippen molar-refractivity contribution >= 4 is 16.9 Å². The number of aromatic nitrogens is 6. The molecule has 25 heavy (non-hydrogen) atoms. The third-order valence-electron chi connectivity index (χ3n) is 3.89. The number of hydrogen-bond acceptors (Lipinski definition) is 5. The Bertz CT molecular complexity index is 1050. The first-order valence-electron chi connectivity index (χ1n) is 7.71. The van der Waals surface area contributed by atoms with Crippen LogP contribution < -0.4 is 5.73 Å². The maximum Gasteiger partial charge on any atom is 0.286 e. The summed E-state index contributed by atoms with van der Waals surface area (Å²) >= 11 is 0. The molecule has 0 bridgehead atoms. The van der Waals surface area contributed by atoms with E-state index in [-0.39, 0.29) is 5.82 Å². The van der Waals surface area contributed by atoms with Gasteiger partial charge >= 0.3 is 0 Å². The van der Waals surface area contributed by atoms with Gasteiger partial charge in [0.15, 0.2) is 5.65 Å². The van der Waals surface area contributed by atoms with Gasteiger partial charge in [0.05, 0.1) is 16.8 Å². The zero-order valence-corrected chi connectivity index (χ0v) is 13.5. The highest BCUT2D eigenvalue weighted by molar-refractivity contribution is 5.96. The summed E-state index contributed by atoms with van der Waals surface area (Å²) < 4.78 is 3.57. The fraction of sp³-hybridized carbons (Fsp3) is 0.118. The molecule has 0 spiro atoms. The van der Waals surface area contributed by atoms with Crippen LogP contribution in [-0.2, 0) is 6.67 Å². The summed E-state index contributed by atoms with van der Waals surface area (Å²) in [5, 5.41) is 9.59. The number of carbonyl (C=O) groups excluding carboxylic acids is 1. The Morgan fingerprint density at radius 1 is 1.16 bits per heavy atom. The monoisotopic (exact) mass is 333 g/mol. The normalized spacial score (nSPS) is 11.1. The fourth-order valence-electron chi connectivity index (χ4n) is 2.82. The van der Waals surface area contributed by atoms with Crippen molar-refractivity contribution < 1.29 is 4.79 Å². The number of benzene rings is 1. The van der Waals surface area contributed by atoms with Gasteiger partial charge in [-0.3, -0.25) is 9.48 Å². The predicted octanol–water partition coefficient (Wildman–Crippen LogP) is 1.60. The summed E-state index contributed by atoms with van der Waals surface area (Å²) in [4.78, 5) is 19.9. The van der Waals surface area contributed by atoms with Crippen LogP contribution in [0.2, 0.25) is 0 Å². The molecule has 1 aromatic carbocycles. The topological polar surface area (TPSA) is 105 Å². The van der Waals surface area contributed by atoms with Crippen LogP contribution in [0.3, 0.4) is 0 Å². The quantitative estimate of drug-likeness (QED) is 0.611. The lowest BCUT2D eigenvalue weighted by Crippen LogP contribution is -2.16. The second kappa shape index (κ2) is 5.82. The standard InChI is InChI=1S/C17H15N7O/c1-11-13-14(12-6-3-2-4-7-12)24(10-23-9-5-8-19-23)22-16(13)21-17(20-11)15(18)25/h2-9H,10H2,1H3,(H2,18,25). The predicted molar refractivity (Wildman–Crippen MR) is 91.6 cm³/mol. The van der Waals surface area contributed by atoms with E-state index in [9.17, 15) is 4.79 Å². The highest BCUT2D eigenvalue weighted by atomic mass is 16.1. The molecule has 3 heterocycles. The fourth-order valence-corrected chi connectivity index (χ4v) is 2.82. The molecule has 0 atom stereocenters. The first kappa shape index (κ1) is 15.0. The second-order valence-corrected chi connectivity index (χ2v) is 5.60. The second-order valence-electron chi connectivity index (χ2n) is 5.60. The van der Waals surface area contributed by atoms with Crippen LogP contribution in [-0.4, -0.2) is 35.4 Å². The van der Waals surface area contributed by atoms with Gasteiger partial charge in [0, 0.05) is 18.0 Å². The van der Waals surface area contributed by atoms with E-state index < -0.39 is 5.91 Å². The van der Waals surface area contributed by atoms with Crippen molar-refractivity contribution in [1.82, 2.24) is 29.5 Å². The Balaban J connectivity index is 1.99. The number of aryl methyl sites for hydroxylation is 1. The van der Waals surface area contributed by atoms with E-state index in [0.717, 1.165) is 16.6 Å². The summed E-state index contributed by atoms with van der Waals surface area (Å²) in [5.41, 5.74) is 8.28. The summed E-state index contributed by atoms with van der Waals surface area (Å²) in [6.07, 6.45) is 3.57. The molecule has 0 aliphatic heterocycles. The third-order valence-corrected chi connectivity index (χ3v) is 3.89. The SMILES string of the molecule is Cc1nc(C(N)=O)nc2nn(Cn3cccn3)c(-c3ccccc3)c12. The van der Waals surface area contributed by atoms with E-state index in [1.807, 2.05) is 49.5 Å². The highest BCUT2D eigenvalue weighted by Gasteiger charge is 2.19. The molecule has 1 amide bonds.